The van der Waals surface area contributed by atoms with Crippen LogP contribution >= 0.6 is 0 Å². The molecule has 0 heterocycles. The molecule has 0 bridgehead atoms. The van der Waals surface area contributed by atoms with E-state index in [9.17, 15) is 18.0 Å². The molecule has 1 saturated carbocycles. The predicted octanol–water partition coefficient (Wildman–Crippen LogP) is 5.11. The van der Waals surface area contributed by atoms with Gasteiger partial charge in [-0.2, -0.15) is 13.2 Å². The summed E-state index contributed by atoms with van der Waals surface area (Å²) in [5, 5.41) is 8.66. The molecule has 0 aromatic rings. The molecule has 0 saturated heterocycles. The van der Waals surface area contributed by atoms with Crippen LogP contribution in [0.15, 0.2) is 23.8 Å². The quantitative estimate of drug-likeness (QED) is 0.715. The van der Waals surface area contributed by atoms with Crippen molar-refractivity contribution in [1.29, 1.82) is 0 Å². The second kappa shape index (κ2) is 7.34. The van der Waals surface area contributed by atoms with Crippen LogP contribution in [-0.2, 0) is 4.79 Å². The van der Waals surface area contributed by atoms with Crippen molar-refractivity contribution >= 4 is 5.97 Å². The van der Waals surface area contributed by atoms with E-state index < -0.39 is 18.1 Å². The summed E-state index contributed by atoms with van der Waals surface area (Å²) in [5.41, 5.74) is 0.952. The van der Waals surface area contributed by atoms with Gasteiger partial charge in [0.05, 0.1) is 5.92 Å². The van der Waals surface area contributed by atoms with Crippen LogP contribution in [0.25, 0.3) is 0 Å². The van der Waals surface area contributed by atoms with Crippen molar-refractivity contribution in [1.82, 2.24) is 0 Å². The lowest BCUT2D eigenvalue weighted by molar-refractivity contribution is -0.149. The van der Waals surface area contributed by atoms with Crippen molar-refractivity contribution in [3.05, 3.63) is 23.8 Å². The molecule has 5 heteroatoms. The van der Waals surface area contributed by atoms with Crippen LogP contribution in [0, 0.1) is 17.8 Å². The van der Waals surface area contributed by atoms with Gasteiger partial charge >= 0.3 is 12.1 Å². The zero-order valence-electron chi connectivity index (χ0n) is 12.6. The molecule has 2 rings (SSSR count). The van der Waals surface area contributed by atoms with Crippen molar-refractivity contribution in [3.63, 3.8) is 0 Å². The lowest BCUT2D eigenvalue weighted by atomic mass is 9.90. The monoisotopic (exact) mass is 316 g/mol. The first-order valence-electron chi connectivity index (χ1n) is 8.02. The Balaban J connectivity index is 1.91. The minimum absolute atomic E-state index is 0.184. The van der Waals surface area contributed by atoms with Gasteiger partial charge in [-0.05, 0) is 56.8 Å². The molecule has 3 atom stereocenters. The maximum atomic E-state index is 12.9. The largest absolute Gasteiger partial charge is 0.481 e. The van der Waals surface area contributed by atoms with Gasteiger partial charge in [0.25, 0.3) is 0 Å². The number of alkyl halides is 3. The van der Waals surface area contributed by atoms with E-state index in [2.05, 4.69) is 0 Å². The molecule has 2 nitrogen and oxygen atoms in total. The first-order valence-corrected chi connectivity index (χ1v) is 8.02. The maximum absolute atomic E-state index is 12.9. The molecular weight excluding hydrogens is 293 g/mol. The van der Waals surface area contributed by atoms with Gasteiger partial charge in [-0.25, -0.2) is 0 Å². The Morgan fingerprint density at radius 3 is 2.77 bits per heavy atom. The Morgan fingerprint density at radius 1 is 1.32 bits per heavy atom. The van der Waals surface area contributed by atoms with E-state index in [4.69, 9.17) is 5.11 Å². The predicted molar refractivity (Wildman–Crippen MR) is 78.3 cm³/mol. The van der Waals surface area contributed by atoms with Gasteiger partial charge in [-0.1, -0.05) is 23.8 Å². The molecular formula is C17H23F3O2. The highest BCUT2D eigenvalue weighted by Gasteiger charge is 2.38. The number of aliphatic carboxylic acids is 1. The van der Waals surface area contributed by atoms with Gasteiger partial charge in [-0.3, -0.25) is 4.79 Å². The minimum atomic E-state index is -4.20. The zero-order chi connectivity index (χ0) is 16.2. The van der Waals surface area contributed by atoms with E-state index in [1.165, 1.54) is 12.2 Å². The van der Waals surface area contributed by atoms with E-state index in [1.54, 1.807) is 6.08 Å². The molecule has 2 aliphatic carbocycles. The Labute approximate surface area is 129 Å². The van der Waals surface area contributed by atoms with Crippen molar-refractivity contribution in [2.75, 3.05) is 0 Å². The second-order valence-electron chi connectivity index (χ2n) is 6.44. The molecule has 0 aliphatic heterocycles. The number of hydrogen-bond donors (Lipinski definition) is 1. The number of carboxylic acids is 1. The summed E-state index contributed by atoms with van der Waals surface area (Å²) in [7, 11) is 0. The molecule has 3 unspecified atom stereocenters. The molecule has 0 aromatic heterocycles. The summed E-state index contributed by atoms with van der Waals surface area (Å²) in [4.78, 5) is 10.5. The van der Waals surface area contributed by atoms with Crippen LogP contribution in [0.1, 0.15) is 51.4 Å². The van der Waals surface area contributed by atoms with Crippen molar-refractivity contribution in [2.45, 2.75) is 57.5 Å². The number of hydrogen-bond acceptors (Lipinski definition) is 1. The highest BCUT2D eigenvalue weighted by atomic mass is 19.4. The number of allylic oxidation sites excluding steroid dienone is 4. The summed E-state index contributed by atoms with van der Waals surface area (Å²) in [5.74, 6) is -1.51. The van der Waals surface area contributed by atoms with E-state index >= 15 is 0 Å². The fourth-order valence-corrected chi connectivity index (χ4v) is 3.62. The van der Waals surface area contributed by atoms with Gasteiger partial charge < -0.3 is 5.11 Å². The molecule has 0 amide bonds. The third-order valence-corrected chi connectivity index (χ3v) is 4.78. The minimum Gasteiger partial charge on any atom is -0.481 e. The number of halogens is 3. The van der Waals surface area contributed by atoms with Crippen molar-refractivity contribution < 1.29 is 23.1 Å². The Bertz CT molecular complexity index is 451. The number of rotatable bonds is 5. The van der Waals surface area contributed by atoms with Crippen molar-refractivity contribution in [3.8, 4) is 0 Å². The molecule has 22 heavy (non-hydrogen) atoms. The van der Waals surface area contributed by atoms with Gasteiger partial charge in [0.15, 0.2) is 0 Å². The molecule has 0 spiro atoms. The standard InChI is InChI=1S/C17H23F3O2/c18-17(19,20)15-6-2-1-5-13(11-15)14-9-8-12(10-14)4-3-7-16(21)22/h2,6,11-12,14-15H,1,3-5,7-10H2,(H,21,22). The van der Waals surface area contributed by atoms with Crippen LogP contribution in [0.5, 0.6) is 0 Å². The lowest BCUT2D eigenvalue weighted by Crippen LogP contribution is -2.19. The van der Waals surface area contributed by atoms with E-state index in [0.29, 0.717) is 18.8 Å². The lowest BCUT2D eigenvalue weighted by Gasteiger charge is -2.18. The molecule has 2 aliphatic rings. The summed E-state index contributed by atoms with van der Waals surface area (Å²) >= 11 is 0. The van der Waals surface area contributed by atoms with Crippen LogP contribution in [0.2, 0.25) is 0 Å². The third-order valence-electron chi connectivity index (χ3n) is 4.78. The fourth-order valence-electron chi connectivity index (χ4n) is 3.62. The van der Waals surface area contributed by atoms with Gasteiger partial charge in [0, 0.05) is 6.42 Å². The Kier molecular flexibility index (Phi) is 5.70. The van der Waals surface area contributed by atoms with E-state index in [1.807, 2.05) is 0 Å². The summed E-state index contributed by atoms with van der Waals surface area (Å²) < 4.78 is 38.8. The zero-order valence-corrected chi connectivity index (χ0v) is 12.6. The topological polar surface area (TPSA) is 37.3 Å². The van der Waals surface area contributed by atoms with Crippen LogP contribution < -0.4 is 0 Å². The van der Waals surface area contributed by atoms with Gasteiger partial charge in [0.2, 0.25) is 0 Å². The highest BCUT2D eigenvalue weighted by molar-refractivity contribution is 5.66. The highest BCUT2D eigenvalue weighted by Crippen LogP contribution is 2.42. The molecule has 1 fully saturated rings. The van der Waals surface area contributed by atoms with E-state index in [-0.39, 0.29) is 12.3 Å². The number of carboxylic acid groups (broad SMARTS) is 1. The summed E-state index contributed by atoms with van der Waals surface area (Å²) in [6, 6.07) is 0. The first kappa shape index (κ1) is 17.1. The molecule has 0 radical (unpaired) electrons. The summed E-state index contributed by atoms with van der Waals surface area (Å²) in [6.07, 6.45) is 6.11. The molecule has 0 aromatic carbocycles. The SMILES string of the molecule is O=C(O)CCCC1CCC(C2=CC(C(F)(F)F)C=CCC2)C1. The third kappa shape index (κ3) is 4.89. The smallest absolute Gasteiger partial charge is 0.398 e. The summed E-state index contributed by atoms with van der Waals surface area (Å²) in [6.45, 7) is 0. The average Bonchev–Trinajstić information content (AvgIpc) is 2.72. The maximum Gasteiger partial charge on any atom is 0.398 e. The van der Waals surface area contributed by atoms with Gasteiger partial charge in [-0.15, -0.1) is 0 Å². The number of carbonyl (C=O) groups is 1. The fraction of sp³-hybridized carbons (Fsp3) is 0.706. The molecule has 124 valence electrons. The van der Waals surface area contributed by atoms with Crippen LogP contribution in [0.3, 0.4) is 0 Å². The van der Waals surface area contributed by atoms with Crippen LogP contribution in [-0.4, -0.2) is 17.3 Å². The van der Waals surface area contributed by atoms with Crippen LogP contribution in [0.4, 0.5) is 13.2 Å². The van der Waals surface area contributed by atoms with Gasteiger partial charge in [0.1, 0.15) is 0 Å². The Morgan fingerprint density at radius 2 is 2.09 bits per heavy atom. The first-order chi connectivity index (χ1) is 10.4. The van der Waals surface area contributed by atoms with Crippen molar-refractivity contribution in [2.24, 2.45) is 17.8 Å². The second-order valence-corrected chi connectivity index (χ2v) is 6.44. The Hall–Kier alpha value is -1.26. The van der Waals surface area contributed by atoms with E-state index in [0.717, 1.165) is 37.7 Å². The normalized spacial score (nSPS) is 29.2. The average molecular weight is 316 g/mol. The molecule has 1 N–H and O–H groups in total.